The maximum atomic E-state index is 12.5. The number of esters is 2. The Morgan fingerprint density at radius 3 is 2.67 bits per heavy atom. The molecule has 2 aromatic carbocycles. The number of hydrogen-bond donors (Lipinski definition) is 1. The van der Waals surface area contributed by atoms with Crippen LogP contribution in [0, 0.1) is 0 Å². The number of carbonyl (C=O) groups is 2. The van der Waals surface area contributed by atoms with E-state index in [0.29, 0.717) is 45.7 Å². The molecule has 0 radical (unpaired) electrons. The molecule has 0 aliphatic carbocycles. The molecule has 4 aromatic rings. The van der Waals surface area contributed by atoms with E-state index in [-0.39, 0.29) is 12.5 Å². The molecule has 0 spiro atoms. The number of pyridine rings is 1. The number of nitrogens with one attached hydrogen (secondary N) is 1. The van der Waals surface area contributed by atoms with Gasteiger partial charge in [0.15, 0.2) is 0 Å². The third-order valence-corrected chi connectivity index (χ3v) is 5.41. The van der Waals surface area contributed by atoms with Gasteiger partial charge in [0.2, 0.25) is 0 Å². The number of carbonyl (C=O) groups excluding carboxylic acids is 2. The minimum atomic E-state index is -0.497. The highest BCUT2D eigenvalue weighted by atomic mass is 79.9. The Balaban J connectivity index is 1.66. The molecule has 7 nitrogen and oxygen atoms in total. The van der Waals surface area contributed by atoms with Crippen molar-refractivity contribution in [1.82, 2.24) is 9.38 Å². The van der Waals surface area contributed by atoms with Crippen LogP contribution in [0.2, 0.25) is 5.02 Å². The number of ether oxygens (including phenoxy) is 2. The quantitative estimate of drug-likeness (QED) is 0.248. The lowest BCUT2D eigenvalue weighted by molar-refractivity contribution is -0.140. The van der Waals surface area contributed by atoms with E-state index in [1.165, 1.54) is 0 Å². The van der Waals surface area contributed by atoms with Gasteiger partial charge in [-0.1, -0.05) is 23.7 Å². The first-order valence-corrected chi connectivity index (χ1v) is 11.3. The zero-order valence-corrected chi connectivity index (χ0v) is 19.9. The van der Waals surface area contributed by atoms with E-state index in [0.717, 1.165) is 4.47 Å². The molecule has 2 aromatic heterocycles. The van der Waals surface area contributed by atoms with Crippen molar-refractivity contribution < 1.29 is 19.1 Å². The highest BCUT2D eigenvalue weighted by molar-refractivity contribution is 9.10. The van der Waals surface area contributed by atoms with Crippen molar-refractivity contribution in [3.05, 3.63) is 81.9 Å². The minimum absolute atomic E-state index is 0.0214. The number of anilines is 1. The van der Waals surface area contributed by atoms with Crippen LogP contribution in [-0.4, -0.2) is 34.5 Å². The summed E-state index contributed by atoms with van der Waals surface area (Å²) in [5.74, 6) is 0.102. The molecule has 0 aliphatic rings. The fraction of sp³-hybridized carbons (Fsp3) is 0.125. The van der Waals surface area contributed by atoms with Gasteiger partial charge in [-0.05, 0) is 71.4 Å². The molecule has 168 valence electrons. The summed E-state index contributed by atoms with van der Waals surface area (Å²) in [6, 6.07) is 17.2. The lowest BCUT2D eigenvalue weighted by Gasteiger charge is -2.10. The van der Waals surface area contributed by atoms with E-state index in [2.05, 4.69) is 21.2 Å². The van der Waals surface area contributed by atoms with Crippen LogP contribution < -0.4 is 10.1 Å². The molecule has 0 bridgehead atoms. The smallest absolute Gasteiger partial charge is 0.343 e. The van der Waals surface area contributed by atoms with E-state index in [4.69, 9.17) is 26.1 Å². The van der Waals surface area contributed by atoms with Gasteiger partial charge < -0.3 is 14.8 Å². The molecule has 0 amide bonds. The average Bonchev–Trinajstić information content (AvgIpc) is 3.16. The molecule has 4 rings (SSSR count). The second kappa shape index (κ2) is 10.1. The molecule has 33 heavy (non-hydrogen) atoms. The van der Waals surface area contributed by atoms with Crippen LogP contribution >= 0.6 is 27.5 Å². The Morgan fingerprint density at radius 2 is 1.91 bits per heavy atom. The molecule has 0 aliphatic heterocycles. The maximum absolute atomic E-state index is 12.5. The van der Waals surface area contributed by atoms with Crippen molar-refractivity contribution in [3.8, 4) is 17.0 Å². The summed E-state index contributed by atoms with van der Waals surface area (Å²) >= 11 is 9.36. The number of hydrogen-bond acceptors (Lipinski definition) is 6. The summed E-state index contributed by atoms with van der Waals surface area (Å²) in [4.78, 5) is 29.1. The van der Waals surface area contributed by atoms with Crippen molar-refractivity contribution in [3.63, 3.8) is 0 Å². The SMILES string of the molecule is CCOC(=O)CNc1c(-c2cccc(OC(=O)c3ccc(Cl)cc3)c2)nc2ccc(Br)cn12. The summed E-state index contributed by atoms with van der Waals surface area (Å²) in [5, 5.41) is 3.66. The highest BCUT2D eigenvalue weighted by Crippen LogP contribution is 2.32. The van der Waals surface area contributed by atoms with E-state index in [1.807, 2.05) is 28.8 Å². The van der Waals surface area contributed by atoms with Crippen molar-refractivity contribution in [2.75, 3.05) is 18.5 Å². The molecule has 0 atom stereocenters. The normalized spacial score (nSPS) is 10.8. The molecule has 1 N–H and O–H groups in total. The van der Waals surface area contributed by atoms with Crippen LogP contribution in [0.15, 0.2) is 71.3 Å². The van der Waals surface area contributed by atoms with Gasteiger partial charge in [0.1, 0.15) is 29.5 Å². The van der Waals surface area contributed by atoms with Gasteiger partial charge in [-0.15, -0.1) is 0 Å². The second-order valence-corrected chi connectivity index (χ2v) is 8.32. The number of aromatic nitrogens is 2. The van der Waals surface area contributed by atoms with Crippen LogP contribution in [0.4, 0.5) is 5.82 Å². The molecule has 0 saturated heterocycles. The fourth-order valence-corrected chi connectivity index (χ4v) is 3.68. The Kier molecular flexibility index (Phi) is 6.96. The predicted octanol–water partition coefficient (Wildman–Crippen LogP) is 5.61. The van der Waals surface area contributed by atoms with Gasteiger partial charge in [0.25, 0.3) is 0 Å². The predicted molar refractivity (Wildman–Crippen MR) is 130 cm³/mol. The largest absolute Gasteiger partial charge is 0.465 e. The highest BCUT2D eigenvalue weighted by Gasteiger charge is 2.17. The monoisotopic (exact) mass is 527 g/mol. The van der Waals surface area contributed by atoms with Gasteiger partial charge in [-0.25, -0.2) is 9.78 Å². The number of fused-ring (bicyclic) bond motifs is 1. The van der Waals surface area contributed by atoms with Gasteiger partial charge in [0, 0.05) is 21.3 Å². The number of nitrogens with zero attached hydrogens (tertiary/aromatic N) is 2. The standard InChI is InChI=1S/C24H19BrClN3O4/c1-2-32-21(30)13-27-23-22(28-20-11-8-17(25)14-29(20)23)16-4-3-5-19(12-16)33-24(31)15-6-9-18(26)10-7-15/h3-12,14,27H,2,13H2,1H3. The van der Waals surface area contributed by atoms with E-state index >= 15 is 0 Å². The van der Waals surface area contributed by atoms with Crippen molar-refractivity contribution >= 4 is 50.9 Å². The topological polar surface area (TPSA) is 81.9 Å². The Labute approximate surface area is 203 Å². The Morgan fingerprint density at radius 1 is 1.12 bits per heavy atom. The van der Waals surface area contributed by atoms with Crippen LogP contribution in [0.5, 0.6) is 5.75 Å². The molecular weight excluding hydrogens is 510 g/mol. The van der Waals surface area contributed by atoms with Gasteiger partial charge in [-0.3, -0.25) is 9.20 Å². The number of benzene rings is 2. The lowest BCUT2D eigenvalue weighted by Crippen LogP contribution is -2.17. The zero-order valence-electron chi connectivity index (χ0n) is 17.5. The molecular formula is C24H19BrClN3O4. The first kappa shape index (κ1) is 22.8. The summed E-state index contributed by atoms with van der Waals surface area (Å²) < 4.78 is 13.3. The molecule has 9 heteroatoms. The Hall–Kier alpha value is -3.36. The number of imidazole rings is 1. The third kappa shape index (κ3) is 5.35. The first-order valence-electron chi connectivity index (χ1n) is 10.1. The van der Waals surface area contributed by atoms with Crippen LogP contribution in [0.1, 0.15) is 17.3 Å². The molecule has 0 fully saturated rings. The second-order valence-electron chi connectivity index (χ2n) is 6.97. The fourth-order valence-electron chi connectivity index (χ4n) is 3.22. The third-order valence-electron chi connectivity index (χ3n) is 4.69. The van der Waals surface area contributed by atoms with E-state index in [1.54, 1.807) is 49.4 Å². The van der Waals surface area contributed by atoms with Crippen molar-refractivity contribution in [2.45, 2.75) is 6.92 Å². The van der Waals surface area contributed by atoms with Crippen molar-refractivity contribution in [1.29, 1.82) is 0 Å². The summed E-state index contributed by atoms with van der Waals surface area (Å²) in [6.45, 7) is 2.03. The van der Waals surface area contributed by atoms with Crippen LogP contribution in [0.3, 0.4) is 0 Å². The molecule has 0 unspecified atom stereocenters. The average molecular weight is 529 g/mol. The Bertz CT molecular complexity index is 1320. The van der Waals surface area contributed by atoms with Crippen LogP contribution in [-0.2, 0) is 9.53 Å². The number of halogens is 2. The summed E-state index contributed by atoms with van der Waals surface area (Å²) in [7, 11) is 0. The van der Waals surface area contributed by atoms with Crippen LogP contribution in [0.25, 0.3) is 16.9 Å². The maximum Gasteiger partial charge on any atom is 0.343 e. The van der Waals surface area contributed by atoms with Crippen molar-refractivity contribution in [2.24, 2.45) is 0 Å². The van der Waals surface area contributed by atoms with E-state index in [9.17, 15) is 9.59 Å². The zero-order chi connectivity index (χ0) is 23.4. The lowest BCUT2D eigenvalue weighted by atomic mass is 10.1. The van der Waals surface area contributed by atoms with Gasteiger partial charge in [0.05, 0.1) is 12.2 Å². The number of rotatable bonds is 7. The molecule has 0 saturated carbocycles. The summed E-state index contributed by atoms with van der Waals surface area (Å²) in [6.07, 6.45) is 1.85. The summed E-state index contributed by atoms with van der Waals surface area (Å²) in [5.41, 5.74) is 2.38. The first-order chi connectivity index (χ1) is 15.9. The van der Waals surface area contributed by atoms with Gasteiger partial charge >= 0.3 is 11.9 Å². The minimum Gasteiger partial charge on any atom is -0.465 e. The van der Waals surface area contributed by atoms with Gasteiger partial charge in [-0.2, -0.15) is 0 Å². The van der Waals surface area contributed by atoms with E-state index < -0.39 is 5.97 Å². The molecule has 2 heterocycles.